The quantitative estimate of drug-likeness (QED) is 0.313. The van der Waals surface area contributed by atoms with Crippen molar-refractivity contribution in [2.24, 2.45) is 26.8 Å². The minimum absolute atomic E-state index is 0.00597. The second-order valence-electron chi connectivity index (χ2n) is 11.7. The summed E-state index contributed by atoms with van der Waals surface area (Å²) < 4.78 is 5.15. The van der Waals surface area contributed by atoms with Crippen LogP contribution in [0.25, 0.3) is 0 Å². The Balaban J connectivity index is 1.54. The van der Waals surface area contributed by atoms with Crippen molar-refractivity contribution in [3.05, 3.63) is 91.5 Å². The van der Waals surface area contributed by atoms with Crippen LogP contribution in [0.5, 0.6) is 0 Å². The zero-order valence-electron chi connectivity index (χ0n) is 25.3. The maximum absolute atomic E-state index is 12.4. The van der Waals surface area contributed by atoms with E-state index >= 15 is 0 Å². The van der Waals surface area contributed by atoms with E-state index in [0.29, 0.717) is 24.3 Å². The van der Waals surface area contributed by atoms with Crippen LogP contribution < -0.4 is 5.32 Å². The van der Waals surface area contributed by atoms with Gasteiger partial charge in [0.05, 0.1) is 47.4 Å². The van der Waals surface area contributed by atoms with Crippen LogP contribution in [0.2, 0.25) is 0 Å². The van der Waals surface area contributed by atoms with Gasteiger partial charge in [-0.3, -0.25) is 4.79 Å². The number of allylic oxidation sites excluding steroid dienone is 11. The van der Waals surface area contributed by atoms with Crippen LogP contribution in [0.3, 0.4) is 0 Å². The molecule has 6 aliphatic rings. The van der Waals surface area contributed by atoms with Crippen molar-refractivity contribution < 1.29 is 24.9 Å². The first-order chi connectivity index (χ1) is 20.7. The highest BCUT2D eigenvalue weighted by Gasteiger charge is 2.41. The number of ether oxygens (including phenoxy) is 1. The van der Waals surface area contributed by atoms with E-state index in [2.05, 4.69) is 26.1 Å². The number of carbonyl (C=O) groups is 1. The summed E-state index contributed by atoms with van der Waals surface area (Å²) in [5.41, 5.74) is 13.0. The Hall–Kier alpha value is -4.08. The lowest BCUT2D eigenvalue weighted by molar-refractivity contribution is -0.144. The molecule has 5 aliphatic heterocycles. The molecule has 4 N–H and O–H groups in total. The number of aliphatic hydroxyl groups is 3. The van der Waals surface area contributed by atoms with Crippen molar-refractivity contribution in [2.75, 3.05) is 19.8 Å². The van der Waals surface area contributed by atoms with Gasteiger partial charge in [0.1, 0.15) is 12.4 Å². The number of carbonyl (C=O) groups excluding carboxylic acids is 1. The zero-order chi connectivity index (χ0) is 30.6. The average Bonchev–Trinajstić information content (AvgIpc) is 3.73. The third-order valence-electron chi connectivity index (χ3n) is 9.35. The predicted molar refractivity (Wildman–Crippen MR) is 166 cm³/mol. The molecule has 0 aromatic rings. The fourth-order valence-corrected chi connectivity index (χ4v) is 6.86. The lowest BCUT2D eigenvalue weighted by atomic mass is 9.86. The van der Waals surface area contributed by atoms with Gasteiger partial charge in [-0.2, -0.15) is 0 Å². The van der Waals surface area contributed by atoms with Gasteiger partial charge in [-0.25, -0.2) is 15.0 Å². The second-order valence-corrected chi connectivity index (χ2v) is 11.7. The van der Waals surface area contributed by atoms with E-state index in [1.54, 1.807) is 0 Å². The Morgan fingerprint density at radius 3 is 2.40 bits per heavy atom. The molecule has 5 heterocycles. The van der Waals surface area contributed by atoms with Gasteiger partial charge in [-0.15, -0.1) is 0 Å². The monoisotopic (exact) mass is 582 g/mol. The molecule has 0 amide bonds. The van der Waals surface area contributed by atoms with Crippen LogP contribution in [0.4, 0.5) is 0 Å². The van der Waals surface area contributed by atoms with Crippen molar-refractivity contribution in [3.8, 4) is 0 Å². The highest BCUT2D eigenvalue weighted by Crippen LogP contribution is 2.46. The lowest BCUT2D eigenvalue weighted by Gasteiger charge is -2.17. The molecule has 8 bridgehead atoms. The Labute approximate surface area is 251 Å². The number of esters is 1. The minimum atomic E-state index is -0.355. The van der Waals surface area contributed by atoms with Gasteiger partial charge in [0, 0.05) is 52.8 Å². The Bertz CT molecular complexity index is 1690. The van der Waals surface area contributed by atoms with Crippen molar-refractivity contribution in [2.45, 2.75) is 60.3 Å². The normalized spacial score (nSPS) is 24.4. The average molecular weight is 583 g/mol. The molecule has 1 fully saturated rings. The summed E-state index contributed by atoms with van der Waals surface area (Å²) in [5, 5.41) is 34.3. The highest BCUT2D eigenvalue weighted by atomic mass is 16.5. The Morgan fingerprint density at radius 1 is 1.00 bits per heavy atom. The molecular weight excluding hydrogens is 544 g/mol. The SMILES string of the molecule is CCC1=C(C)C2=NC1=CC1=C(C)C3=C(O)CC(=C4NC(=CC5=NC(=C2)C(CO)=C5C)[C@@H](C)[C@@H]4CCC(=O)OCCO)C3=N1. The van der Waals surface area contributed by atoms with Gasteiger partial charge in [0.25, 0.3) is 0 Å². The van der Waals surface area contributed by atoms with Crippen molar-refractivity contribution >= 4 is 23.1 Å². The molecule has 0 aromatic heterocycles. The van der Waals surface area contributed by atoms with E-state index in [9.17, 15) is 15.0 Å². The summed E-state index contributed by atoms with van der Waals surface area (Å²) in [6, 6.07) is 0. The second kappa shape index (κ2) is 11.2. The molecule has 224 valence electrons. The number of fused-ring (bicyclic) bond motifs is 5. The summed E-state index contributed by atoms with van der Waals surface area (Å²) in [5.74, 6) is -0.120. The molecular formula is C34H38N4O5. The fourth-order valence-electron chi connectivity index (χ4n) is 6.86. The molecule has 1 saturated heterocycles. The van der Waals surface area contributed by atoms with Crippen molar-refractivity contribution in [1.29, 1.82) is 0 Å². The number of nitrogens with one attached hydrogen (secondary N) is 1. The highest BCUT2D eigenvalue weighted by molar-refractivity contribution is 6.21. The van der Waals surface area contributed by atoms with Crippen LogP contribution in [0.15, 0.2) is 106 Å². The molecule has 0 saturated carbocycles. The standard InChI is InChI=1S/C34H38N4O5/c1-6-20-16(2)25-13-29-23(15-40)18(4)24(36-29)12-26-17(3)21(7-8-31(42)43-10-9-39)33(37-26)22-11-30(41)32-19(5)27(38-34(22)32)14-28(20)35-25/h12-14,17,21,37,39-41H,6-11,15H2,1-5H3/t17-,21-/m0/s1. The van der Waals surface area contributed by atoms with E-state index in [1.807, 2.05) is 32.1 Å². The number of aliphatic imine (C=N–C) groups is 3. The zero-order valence-corrected chi connectivity index (χ0v) is 25.3. The lowest BCUT2D eigenvalue weighted by Crippen LogP contribution is -2.16. The summed E-state index contributed by atoms with van der Waals surface area (Å²) in [7, 11) is 0. The van der Waals surface area contributed by atoms with Crippen LogP contribution in [-0.4, -0.2) is 58.2 Å². The molecule has 1 aliphatic carbocycles. The third kappa shape index (κ3) is 4.80. The molecule has 0 unspecified atom stereocenters. The third-order valence-corrected chi connectivity index (χ3v) is 9.35. The number of hydrogen-bond donors (Lipinski definition) is 4. The molecule has 9 nitrogen and oxygen atoms in total. The van der Waals surface area contributed by atoms with Crippen LogP contribution in [-0.2, 0) is 9.53 Å². The molecule has 2 atom stereocenters. The summed E-state index contributed by atoms with van der Waals surface area (Å²) in [4.78, 5) is 27.5. The molecule has 6 rings (SSSR count). The van der Waals surface area contributed by atoms with Crippen LogP contribution in [0.1, 0.15) is 60.3 Å². The fraction of sp³-hybridized carbons (Fsp3) is 0.412. The summed E-state index contributed by atoms with van der Waals surface area (Å²) >= 11 is 0. The van der Waals surface area contributed by atoms with Gasteiger partial charge in [-0.1, -0.05) is 13.8 Å². The van der Waals surface area contributed by atoms with E-state index in [4.69, 9.17) is 24.8 Å². The molecule has 43 heavy (non-hydrogen) atoms. The molecule has 0 aromatic carbocycles. The molecule has 9 heteroatoms. The van der Waals surface area contributed by atoms with Crippen molar-refractivity contribution in [3.63, 3.8) is 0 Å². The van der Waals surface area contributed by atoms with E-state index < -0.39 is 0 Å². The maximum atomic E-state index is 12.4. The smallest absolute Gasteiger partial charge is 0.305 e. The van der Waals surface area contributed by atoms with Crippen LogP contribution >= 0.6 is 0 Å². The first-order valence-corrected chi connectivity index (χ1v) is 15.0. The maximum Gasteiger partial charge on any atom is 0.305 e. The number of nitrogens with zero attached hydrogens (tertiary/aromatic N) is 3. The van der Waals surface area contributed by atoms with Gasteiger partial charge >= 0.3 is 5.97 Å². The van der Waals surface area contributed by atoms with E-state index in [-0.39, 0.29) is 44.0 Å². The Morgan fingerprint density at radius 2 is 1.70 bits per heavy atom. The number of aliphatic hydroxyl groups excluding tert-OH is 3. The van der Waals surface area contributed by atoms with Gasteiger partial charge < -0.3 is 25.4 Å². The largest absolute Gasteiger partial charge is 0.511 e. The van der Waals surface area contributed by atoms with E-state index in [0.717, 1.165) is 85.4 Å². The predicted octanol–water partition coefficient (Wildman–Crippen LogP) is 4.97. The van der Waals surface area contributed by atoms with Crippen LogP contribution in [0, 0.1) is 11.8 Å². The summed E-state index contributed by atoms with van der Waals surface area (Å²) in [6.45, 7) is 9.89. The number of hydrogen-bond acceptors (Lipinski definition) is 9. The molecule has 0 radical (unpaired) electrons. The number of rotatable bonds is 7. The topological polar surface area (TPSA) is 136 Å². The first kappa shape index (κ1) is 29.0. The first-order valence-electron chi connectivity index (χ1n) is 15.0. The van der Waals surface area contributed by atoms with Gasteiger partial charge in [-0.05, 0) is 74.1 Å². The van der Waals surface area contributed by atoms with Gasteiger partial charge in [0.2, 0.25) is 0 Å². The van der Waals surface area contributed by atoms with Gasteiger partial charge in [0.15, 0.2) is 0 Å². The van der Waals surface area contributed by atoms with Crippen molar-refractivity contribution in [1.82, 2.24) is 5.32 Å². The Kier molecular flexibility index (Phi) is 7.56. The summed E-state index contributed by atoms with van der Waals surface area (Å²) in [6.07, 6.45) is 7.86. The van der Waals surface area contributed by atoms with E-state index in [1.165, 1.54) is 0 Å². The molecule has 0 spiro atoms. The minimum Gasteiger partial charge on any atom is -0.511 e.